The van der Waals surface area contributed by atoms with Gasteiger partial charge in [-0.05, 0) is 66.4 Å². The fourth-order valence-corrected chi connectivity index (χ4v) is 3.91. The number of ether oxygens (including phenoxy) is 1. The van der Waals surface area contributed by atoms with Crippen molar-refractivity contribution in [2.75, 3.05) is 11.5 Å². The van der Waals surface area contributed by atoms with Crippen molar-refractivity contribution in [2.24, 2.45) is 0 Å². The number of benzene rings is 2. The number of barbiturate groups is 1. The first-order chi connectivity index (χ1) is 16.7. The quantitative estimate of drug-likeness (QED) is 0.358. The molecule has 1 aromatic heterocycles. The molecule has 0 unspecified atom stereocenters. The van der Waals surface area contributed by atoms with Crippen LogP contribution >= 0.6 is 11.6 Å². The van der Waals surface area contributed by atoms with Crippen molar-refractivity contribution in [3.05, 3.63) is 88.2 Å². The number of urea groups is 1. The average molecular weight is 492 g/mol. The van der Waals surface area contributed by atoms with E-state index in [1.165, 1.54) is 17.7 Å². The lowest BCUT2D eigenvalue weighted by Gasteiger charge is -2.26. The molecule has 7 nitrogen and oxygen atoms in total. The minimum atomic E-state index is -0.815. The molecule has 0 saturated carbocycles. The first-order valence-corrected chi connectivity index (χ1v) is 11.7. The summed E-state index contributed by atoms with van der Waals surface area (Å²) in [5.41, 5.74) is 2.83. The average Bonchev–Trinajstić information content (AvgIpc) is 3.26. The third-order valence-corrected chi connectivity index (χ3v) is 6.23. The van der Waals surface area contributed by atoms with Gasteiger partial charge in [-0.1, -0.05) is 43.6 Å². The van der Waals surface area contributed by atoms with E-state index in [1.807, 2.05) is 48.0 Å². The lowest BCUT2D eigenvalue weighted by Crippen LogP contribution is -2.54. The fraction of sp³-hybridized carbons (Fsp3) is 0.222. The van der Waals surface area contributed by atoms with E-state index < -0.39 is 17.8 Å². The predicted octanol–water partition coefficient (Wildman–Crippen LogP) is 5.32. The molecule has 4 amide bonds. The smallest absolute Gasteiger partial charge is 0.335 e. The molecule has 0 spiro atoms. The minimum Gasteiger partial charge on any atom is -0.492 e. The summed E-state index contributed by atoms with van der Waals surface area (Å²) in [6.45, 7) is 7.00. The third-order valence-electron chi connectivity index (χ3n) is 5.82. The van der Waals surface area contributed by atoms with Gasteiger partial charge in [-0.2, -0.15) is 0 Å². The Balaban J connectivity index is 1.50. The van der Waals surface area contributed by atoms with E-state index in [4.69, 9.17) is 16.3 Å². The summed E-state index contributed by atoms with van der Waals surface area (Å²) < 4.78 is 7.73. The fourth-order valence-electron chi connectivity index (χ4n) is 3.73. The summed E-state index contributed by atoms with van der Waals surface area (Å²) in [7, 11) is 0. The van der Waals surface area contributed by atoms with Crippen molar-refractivity contribution in [2.45, 2.75) is 33.2 Å². The number of aryl methyl sites for hydroxylation is 1. The molecule has 0 aliphatic carbocycles. The molecular formula is C27H26ClN3O4. The van der Waals surface area contributed by atoms with Crippen LogP contribution in [0.5, 0.6) is 5.75 Å². The summed E-state index contributed by atoms with van der Waals surface area (Å²) in [4.78, 5) is 39.0. The predicted molar refractivity (Wildman–Crippen MR) is 136 cm³/mol. The molecule has 1 saturated heterocycles. The molecular weight excluding hydrogens is 466 g/mol. The maximum absolute atomic E-state index is 13.2. The van der Waals surface area contributed by atoms with Crippen LogP contribution in [0.4, 0.5) is 10.5 Å². The van der Waals surface area contributed by atoms with Crippen molar-refractivity contribution >= 4 is 41.2 Å². The second-order valence-corrected chi connectivity index (χ2v) is 9.00. The van der Waals surface area contributed by atoms with E-state index in [-0.39, 0.29) is 11.3 Å². The van der Waals surface area contributed by atoms with E-state index in [0.717, 1.165) is 16.2 Å². The van der Waals surface area contributed by atoms with Crippen molar-refractivity contribution in [3.8, 4) is 5.75 Å². The largest absolute Gasteiger partial charge is 0.492 e. The number of rotatable bonds is 7. The summed E-state index contributed by atoms with van der Waals surface area (Å²) >= 11 is 6.18. The zero-order valence-corrected chi connectivity index (χ0v) is 20.5. The van der Waals surface area contributed by atoms with Crippen LogP contribution in [0.3, 0.4) is 0 Å². The van der Waals surface area contributed by atoms with Gasteiger partial charge in [0.1, 0.15) is 17.9 Å². The molecule has 3 aromatic rings. The van der Waals surface area contributed by atoms with Crippen LogP contribution < -0.4 is 15.0 Å². The zero-order chi connectivity index (χ0) is 25.1. The van der Waals surface area contributed by atoms with Crippen LogP contribution in [-0.2, 0) is 16.1 Å². The number of anilines is 1. The maximum atomic E-state index is 13.2. The second-order valence-electron chi connectivity index (χ2n) is 8.59. The molecule has 2 heterocycles. The van der Waals surface area contributed by atoms with Crippen LogP contribution in [0.25, 0.3) is 6.08 Å². The van der Waals surface area contributed by atoms with Gasteiger partial charge in [0.15, 0.2) is 0 Å². The Labute approximate surface area is 208 Å². The number of imide groups is 2. The second kappa shape index (κ2) is 10.2. The summed E-state index contributed by atoms with van der Waals surface area (Å²) in [5, 5.41) is 2.65. The monoisotopic (exact) mass is 491 g/mol. The number of hydrogen-bond acceptors (Lipinski definition) is 4. The van der Waals surface area contributed by atoms with Gasteiger partial charge in [-0.3, -0.25) is 14.9 Å². The van der Waals surface area contributed by atoms with Crippen molar-refractivity contribution in [1.29, 1.82) is 0 Å². The number of carbonyl (C=O) groups is 3. The molecule has 8 heteroatoms. The Morgan fingerprint density at radius 2 is 1.80 bits per heavy atom. The van der Waals surface area contributed by atoms with Gasteiger partial charge >= 0.3 is 6.03 Å². The Hall–Kier alpha value is -3.84. The molecule has 1 fully saturated rings. The topological polar surface area (TPSA) is 80.6 Å². The van der Waals surface area contributed by atoms with Crippen LogP contribution in [0.15, 0.2) is 66.4 Å². The molecule has 4 rings (SSSR count). The molecule has 1 N–H and O–H groups in total. The van der Waals surface area contributed by atoms with Gasteiger partial charge in [0.2, 0.25) is 0 Å². The molecule has 180 valence electrons. The highest BCUT2D eigenvalue weighted by atomic mass is 35.5. The van der Waals surface area contributed by atoms with Gasteiger partial charge in [-0.15, -0.1) is 0 Å². The highest BCUT2D eigenvalue weighted by molar-refractivity contribution is 6.39. The lowest BCUT2D eigenvalue weighted by atomic mass is 10.0. The molecule has 0 radical (unpaired) electrons. The number of carbonyl (C=O) groups excluding carboxylic acids is 3. The molecule has 0 bridgehead atoms. The van der Waals surface area contributed by atoms with Crippen LogP contribution in [0.1, 0.15) is 36.6 Å². The molecule has 0 atom stereocenters. The number of halogens is 1. The molecule has 1 aliphatic heterocycles. The minimum absolute atomic E-state index is 0.147. The summed E-state index contributed by atoms with van der Waals surface area (Å²) in [6, 6.07) is 15.6. The van der Waals surface area contributed by atoms with E-state index in [1.54, 1.807) is 18.2 Å². The Bertz CT molecular complexity index is 1310. The van der Waals surface area contributed by atoms with E-state index >= 15 is 0 Å². The van der Waals surface area contributed by atoms with E-state index in [9.17, 15) is 14.4 Å². The van der Waals surface area contributed by atoms with Gasteiger partial charge in [0, 0.05) is 16.9 Å². The lowest BCUT2D eigenvalue weighted by molar-refractivity contribution is -0.122. The third kappa shape index (κ3) is 5.30. The Morgan fingerprint density at radius 1 is 1.06 bits per heavy atom. The van der Waals surface area contributed by atoms with Crippen LogP contribution in [-0.4, -0.2) is 29.0 Å². The molecule has 2 aromatic carbocycles. The molecule has 35 heavy (non-hydrogen) atoms. The van der Waals surface area contributed by atoms with Crippen LogP contribution in [0.2, 0.25) is 5.02 Å². The Kier molecular flexibility index (Phi) is 7.07. The van der Waals surface area contributed by atoms with Gasteiger partial charge in [0.05, 0.1) is 12.2 Å². The van der Waals surface area contributed by atoms with Crippen molar-refractivity contribution in [3.63, 3.8) is 0 Å². The maximum Gasteiger partial charge on any atom is 0.335 e. The number of hydrogen-bond donors (Lipinski definition) is 1. The first-order valence-electron chi connectivity index (χ1n) is 11.3. The Morgan fingerprint density at radius 3 is 2.49 bits per heavy atom. The molecule has 1 aliphatic rings. The van der Waals surface area contributed by atoms with E-state index in [2.05, 4.69) is 19.2 Å². The highest BCUT2D eigenvalue weighted by Gasteiger charge is 2.37. The normalized spacial score (nSPS) is 15.2. The number of amides is 4. The van der Waals surface area contributed by atoms with Gasteiger partial charge < -0.3 is 9.30 Å². The number of nitrogens with one attached hydrogen (secondary N) is 1. The SMILES string of the molecule is Cc1ccc(N2C(=O)NC(=O)/C(=C/c3cccn3CCOc3ccc(C(C)C)cc3)C2=O)cc1Cl. The van der Waals surface area contributed by atoms with Crippen molar-refractivity contribution in [1.82, 2.24) is 9.88 Å². The standard InChI is InChI=1S/C27H26ClN3O4/c1-17(2)19-7-10-22(11-8-19)35-14-13-30-12-4-5-20(30)15-23-25(32)29-27(34)31(26(23)33)21-9-6-18(3)24(28)16-21/h4-12,15-17H,13-14H2,1-3H3,(H,29,32,34)/b23-15-. The van der Waals surface area contributed by atoms with Gasteiger partial charge in [0.25, 0.3) is 11.8 Å². The summed E-state index contributed by atoms with van der Waals surface area (Å²) in [6.07, 6.45) is 3.32. The number of aromatic nitrogens is 1. The summed E-state index contributed by atoms with van der Waals surface area (Å²) in [5.74, 6) is -0.237. The van der Waals surface area contributed by atoms with Crippen LogP contribution in [0, 0.1) is 6.92 Å². The van der Waals surface area contributed by atoms with Gasteiger partial charge in [-0.25, -0.2) is 9.69 Å². The van der Waals surface area contributed by atoms with Crippen molar-refractivity contribution < 1.29 is 19.1 Å². The first kappa shape index (κ1) is 24.3. The number of nitrogens with zero attached hydrogens (tertiary/aromatic N) is 2. The zero-order valence-electron chi connectivity index (χ0n) is 19.7. The highest BCUT2D eigenvalue weighted by Crippen LogP contribution is 2.27. The van der Waals surface area contributed by atoms with E-state index in [0.29, 0.717) is 29.8 Å².